The van der Waals surface area contributed by atoms with Crippen LogP contribution in [-0.4, -0.2) is 30.7 Å². The van der Waals surface area contributed by atoms with E-state index in [4.69, 9.17) is 5.11 Å². The first-order valence-electron chi connectivity index (χ1n) is 7.28. The first-order valence-corrected chi connectivity index (χ1v) is 7.28. The summed E-state index contributed by atoms with van der Waals surface area (Å²) < 4.78 is 0. The Morgan fingerprint density at radius 1 is 1.45 bits per heavy atom. The zero-order valence-electron chi connectivity index (χ0n) is 12.3. The van der Waals surface area contributed by atoms with Crippen molar-refractivity contribution in [2.45, 2.75) is 33.1 Å². The highest BCUT2D eigenvalue weighted by Crippen LogP contribution is 2.25. The van der Waals surface area contributed by atoms with E-state index in [0.29, 0.717) is 13.0 Å². The molecule has 4 heteroatoms. The lowest BCUT2D eigenvalue weighted by atomic mass is 9.89. The molecule has 1 aromatic rings. The third-order valence-electron chi connectivity index (χ3n) is 3.86. The molecule has 1 amide bonds. The summed E-state index contributed by atoms with van der Waals surface area (Å²) in [6, 6.07) is 5.84. The zero-order chi connectivity index (χ0) is 14.6. The zero-order valence-corrected chi connectivity index (χ0v) is 12.3. The molecule has 1 aliphatic heterocycles. The van der Waals surface area contributed by atoms with E-state index in [1.807, 2.05) is 32.0 Å². The molecule has 0 radical (unpaired) electrons. The number of rotatable bonds is 5. The molecule has 0 aliphatic carbocycles. The predicted octanol–water partition coefficient (Wildman–Crippen LogP) is 2.18. The molecule has 2 rings (SSSR count). The average Bonchev–Trinajstić information content (AvgIpc) is 2.44. The van der Waals surface area contributed by atoms with Crippen molar-refractivity contribution in [3.8, 4) is 0 Å². The van der Waals surface area contributed by atoms with Gasteiger partial charge in [0.15, 0.2) is 0 Å². The number of hydrogen-bond donors (Lipinski definition) is 3. The van der Waals surface area contributed by atoms with Crippen molar-refractivity contribution in [3.63, 3.8) is 0 Å². The van der Waals surface area contributed by atoms with Gasteiger partial charge < -0.3 is 15.7 Å². The lowest BCUT2D eigenvalue weighted by Gasteiger charge is -2.25. The number of nitrogens with one attached hydrogen (secondary N) is 2. The number of amides is 1. The van der Waals surface area contributed by atoms with E-state index < -0.39 is 0 Å². The van der Waals surface area contributed by atoms with Crippen LogP contribution >= 0.6 is 0 Å². The van der Waals surface area contributed by atoms with Crippen molar-refractivity contribution >= 4 is 11.6 Å². The molecule has 0 fully saturated rings. The second kappa shape index (κ2) is 6.27. The number of carbonyl (C=O) groups is 1. The van der Waals surface area contributed by atoms with Crippen molar-refractivity contribution in [2.75, 3.05) is 25.0 Å². The van der Waals surface area contributed by atoms with Crippen LogP contribution in [0, 0.1) is 5.41 Å². The molecule has 20 heavy (non-hydrogen) atoms. The maximum atomic E-state index is 12.4. The number of hydrogen-bond acceptors (Lipinski definition) is 3. The smallest absolute Gasteiger partial charge is 0.251 e. The fourth-order valence-electron chi connectivity index (χ4n) is 2.53. The Morgan fingerprint density at radius 2 is 2.25 bits per heavy atom. The highest BCUT2D eigenvalue weighted by Gasteiger charge is 2.21. The van der Waals surface area contributed by atoms with Gasteiger partial charge in [0.2, 0.25) is 0 Å². The fourth-order valence-corrected chi connectivity index (χ4v) is 2.53. The Balaban J connectivity index is 2.06. The first-order chi connectivity index (χ1) is 9.53. The number of carbonyl (C=O) groups excluding carboxylic acids is 1. The van der Waals surface area contributed by atoms with E-state index in [1.54, 1.807) is 0 Å². The van der Waals surface area contributed by atoms with Crippen LogP contribution in [0.3, 0.4) is 0 Å². The molecule has 0 atom stereocenters. The van der Waals surface area contributed by atoms with E-state index in [2.05, 4.69) is 10.6 Å². The van der Waals surface area contributed by atoms with Gasteiger partial charge in [-0.05, 0) is 42.4 Å². The summed E-state index contributed by atoms with van der Waals surface area (Å²) in [5.41, 5.74) is 2.89. The van der Waals surface area contributed by atoms with Crippen LogP contribution in [0.4, 0.5) is 5.69 Å². The van der Waals surface area contributed by atoms with Crippen molar-refractivity contribution < 1.29 is 9.90 Å². The van der Waals surface area contributed by atoms with Gasteiger partial charge >= 0.3 is 0 Å². The molecule has 0 spiro atoms. The predicted molar refractivity (Wildman–Crippen MR) is 81.1 cm³/mol. The quantitative estimate of drug-likeness (QED) is 0.772. The monoisotopic (exact) mass is 276 g/mol. The molecule has 1 heterocycles. The largest absolute Gasteiger partial charge is 0.396 e. The molecule has 1 aliphatic rings. The molecule has 4 nitrogen and oxygen atoms in total. The lowest BCUT2D eigenvalue weighted by Crippen LogP contribution is -2.35. The number of anilines is 1. The molecule has 0 saturated carbocycles. The Labute approximate surface area is 120 Å². The molecule has 0 unspecified atom stereocenters. The van der Waals surface area contributed by atoms with Gasteiger partial charge in [0, 0.05) is 30.9 Å². The van der Waals surface area contributed by atoms with E-state index in [0.717, 1.165) is 36.2 Å². The van der Waals surface area contributed by atoms with Gasteiger partial charge in [-0.1, -0.05) is 19.9 Å². The summed E-state index contributed by atoms with van der Waals surface area (Å²) in [5, 5.41) is 15.4. The maximum absolute atomic E-state index is 12.4. The summed E-state index contributed by atoms with van der Waals surface area (Å²) >= 11 is 0. The van der Waals surface area contributed by atoms with Gasteiger partial charge in [-0.15, -0.1) is 0 Å². The van der Waals surface area contributed by atoms with Crippen LogP contribution in [-0.2, 0) is 6.42 Å². The minimum Gasteiger partial charge on any atom is -0.396 e. The SMILES string of the molecule is CC(C)(CCO)CNC(=O)c1cccc2c1CCCN2. The van der Waals surface area contributed by atoms with E-state index in [-0.39, 0.29) is 17.9 Å². The van der Waals surface area contributed by atoms with Crippen molar-refractivity contribution in [1.29, 1.82) is 0 Å². The summed E-state index contributed by atoms with van der Waals surface area (Å²) in [5.74, 6) is -0.0171. The highest BCUT2D eigenvalue weighted by molar-refractivity contribution is 5.97. The van der Waals surface area contributed by atoms with Gasteiger partial charge in [0.1, 0.15) is 0 Å². The van der Waals surface area contributed by atoms with Crippen LogP contribution < -0.4 is 10.6 Å². The van der Waals surface area contributed by atoms with Crippen molar-refractivity contribution in [1.82, 2.24) is 5.32 Å². The van der Waals surface area contributed by atoms with Crippen LogP contribution in [0.1, 0.15) is 42.6 Å². The number of fused-ring (bicyclic) bond motifs is 1. The number of aliphatic hydroxyl groups excluding tert-OH is 1. The van der Waals surface area contributed by atoms with Crippen molar-refractivity contribution in [3.05, 3.63) is 29.3 Å². The summed E-state index contributed by atoms with van der Waals surface area (Å²) in [6.07, 6.45) is 2.70. The molecule has 0 bridgehead atoms. The third-order valence-corrected chi connectivity index (χ3v) is 3.86. The molecule has 0 saturated heterocycles. The van der Waals surface area contributed by atoms with Gasteiger partial charge in [-0.2, -0.15) is 0 Å². The Kier molecular flexibility index (Phi) is 4.65. The Bertz CT molecular complexity index is 483. The topological polar surface area (TPSA) is 61.4 Å². The van der Waals surface area contributed by atoms with Gasteiger partial charge in [0.05, 0.1) is 0 Å². The molecular weight excluding hydrogens is 252 g/mol. The van der Waals surface area contributed by atoms with Crippen LogP contribution in [0.25, 0.3) is 0 Å². The lowest BCUT2D eigenvalue weighted by molar-refractivity contribution is 0.0927. The van der Waals surface area contributed by atoms with E-state index >= 15 is 0 Å². The van der Waals surface area contributed by atoms with E-state index in [9.17, 15) is 4.79 Å². The Hall–Kier alpha value is -1.55. The maximum Gasteiger partial charge on any atom is 0.251 e. The standard InChI is InChI=1S/C16H24N2O2/c1-16(2,8-10-19)11-18-15(20)13-5-3-7-14-12(13)6-4-9-17-14/h3,5,7,17,19H,4,6,8-11H2,1-2H3,(H,18,20). The van der Waals surface area contributed by atoms with Gasteiger partial charge in [0.25, 0.3) is 5.91 Å². The van der Waals surface area contributed by atoms with Crippen molar-refractivity contribution in [2.24, 2.45) is 5.41 Å². The average molecular weight is 276 g/mol. The number of aliphatic hydroxyl groups is 1. The highest BCUT2D eigenvalue weighted by atomic mass is 16.3. The van der Waals surface area contributed by atoms with Gasteiger partial charge in [-0.3, -0.25) is 4.79 Å². The normalized spacial score (nSPS) is 14.3. The summed E-state index contributed by atoms with van der Waals surface area (Å²) in [6.45, 7) is 5.79. The van der Waals surface area contributed by atoms with Crippen LogP contribution in [0.5, 0.6) is 0 Å². The second-order valence-electron chi connectivity index (χ2n) is 6.18. The van der Waals surface area contributed by atoms with Gasteiger partial charge in [-0.25, -0.2) is 0 Å². The number of benzene rings is 1. The molecule has 3 N–H and O–H groups in total. The summed E-state index contributed by atoms with van der Waals surface area (Å²) in [7, 11) is 0. The minimum absolute atomic E-state index is 0.0171. The first kappa shape index (κ1) is 14.9. The Morgan fingerprint density at radius 3 is 3.00 bits per heavy atom. The van der Waals surface area contributed by atoms with Crippen LogP contribution in [0.2, 0.25) is 0 Å². The second-order valence-corrected chi connectivity index (χ2v) is 6.18. The van der Waals surface area contributed by atoms with Crippen LogP contribution in [0.15, 0.2) is 18.2 Å². The van der Waals surface area contributed by atoms with E-state index in [1.165, 1.54) is 0 Å². The minimum atomic E-state index is -0.0858. The third kappa shape index (κ3) is 3.51. The molecule has 1 aromatic carbocycles. The molecule has 0 aromatic heterocycles. The summed E-state index contributed by atoms with van der Waals surface area (Å²) in [4.78, 5) is 12.4. The molecular formula is C16H24N2O2. The molecule has 110 valence electrons. The fraction of sp³-hybridized carbons (Fsp3) is 0.562.